The second-order valence-electron chi connectivity index (χ2n) is 7.50. The van der Waals surface area contributed by atoms with Crippen LogP contribution in [-0.4, -0.2) is 22.8 Å². The quantitative estimate of drug-likeness (QED) is 0.761. The minimum atomic E-state index is -0.609. The molecule has 144 valence electrons. The van der Waals surface area contributed by atoms with E-state index in [4.69, 9.17) is 0 Å². The number of aromatic nitrogens is 1. The summed E-state index contributed by atoms with van der Waals surface area (Å²) in [6, 6.07) is 6.72. The molecule has 1 heterocycles. The average Bonchev–Trinajstić information content (AvgIpc) is 2.87. The van der Waals surface area contributed by atoms with Crippen molar-refractivity contribution in [1.29, 1.82) is 0 Å². The van der Waals surface area contributed by atoms with Gasteiger partial charge in [-0.25, -0.2) is 4.98 Å². The topological polar surface area (TPSA) is 71.1 Å². The van der Waals surface area contributed by atoms with Crippen molar-refractivity contribution in [2.24, 2.45) is 5.92 Å². The molecular formula is C21H27N3O2S. The first-order chi connectivity index (χ1) is 12.9. The van der Waals surface area contributed by atoms with Gasteiger partial charge in [0.25, 0.3) is 5.91 Å². The van der Waals surface area contributed by atoms with Crippen molar-refractivity contribution in [3.63, 3.8) is 0 Å². The maximum atomic E-state index is 12.8. The van der Waals surface area contributed by atoms with Gasteiger partial charge in [0.1, 0.15) is 6.04 Å². The molecule has 1 aromatic carbocycles. The molecule has 0 bridgehead atoms. The number of carbonyl (C=O) groups excluding carboxylic acids is 2. The Kier molecular flexibility index (Phi) is 6.26. The molecule has 1 atom stereocenters. The number of thiazole rings is 1. The van der Waals surface area contributed by atoms with E-state index in [9.17, 15) is 9.59 Å². The van der Waals surface area contributed by atoms with Crippen LogP contribution in [0.3, 0.4) is 0 Å². The predicted octanol–water partition coefficient (Wildman–Crippen LogP) is 4.11. The zero-order valence-corrected chi connectivity index (χ0v) is 17.0. The summed E-state index contributed by atoms with van der Waals surface area (Å²) in [6.45, 7) is 5.83. The van der Waals surface area contributed by atoms with Crippen molar-refractivity contribution < 1.29 is 9.59 Å². The average molecular weight is 386 g/mol. The van der Waals surface area contributed by atoms with Gasteiger partial charge in [0.05, 0.1) is 5.69 Å². The fourth-order valence-corrected chi connectivity index (χ4v) is 4.28. The highest BCUT2D eigenvalue weighted by Gasteiger charge is 2.26. The highest BCUT2D eigenvalue weighted by Crippen LogP contribution is 2.29. The molecule has 2 N–H and O–H groups in total. The summed E-state index contributed by atoms with van der Waals surface area (Å²) >= 11 is 1.57. The Hall–Kier alpha value is -2.21. The van der Waals surface area contributed by atoms with Gasteiger partial charge in [-0.3, -0.25) is 9.59 Å². The molecule has 27 heavy (non-hydrogen) atoms. The zero-order chi connectivity index (χ0) is 19.4. The van der Waals surface area contributed by atoms with Crippen LogP contribution < -0.4 is 10.6 Å². The van der Waals surface area contributed by atoms with E-state index in [-0.39, 0.29) is 17.7 Å². The Morgan fingerprint density at radius 1 is 1.07 bits per heavy atom. The van der Waals surface area contributed by atoms with Gasteiger partial charge in [-0.05, 0) is 50.7 Å². The second kappa shape index (κ2) is 8.65. The molecule has 1 aliphatic carbocycles. The van der Waals surface area contributed by atoms with Crippen LogP contribution in [0.25, 0.3) is 0 Å². The highest BCUT2D eigenvalue weighted by atomic mass is 32.1. The van der Waals surface area contributed by atoms with E-state index in [1.165, 1.54) is 17.7 Å². The maximum absolute atomic E-state index is 12.8. The lowest BCUT2D eigenvalue weighted by Gasteiger charge is -2.21. The minimum Gasteiger partial charge on any atom is -0.340 e. The number of rotatable bonds is 5. The Bertz CT molecular complexity index is 788. The molecule has 1 unspecified atom stereocenters. The number of hydrogen-bond acceptors (Lipinski definition) is 4. The van der Waals surface area contributed by atoms with Crippen molar-refractivity contribution in [3.05, 3.63) is 46.0 Å². The first-order valence-corrected chi connectivity index (χ1v) is 10.4. The largest absolute Gasteiger partial charge is 0.340 e. The third kappa shape index (κ3) is 4.95. The van der Waals surface area contributed by atoms with Crippen LogP contribution in [0.2, 0.25) is 0 Å². The highest BCUT2D eigenvalue weighted by molar-refractivity contribution is 7.15. The minimum absolute atomic E-state index is 0.0304. The molecule has 1 aromatic heterocycles. The fourth-order valence-electron chi connectivity index (χ4n) is 3.23. The van der Waals surface area contributed by atoms with E-state index in [0.29, 0.717) is 10.7 Å². The number of anilines is 1. The molecule has 0 saturated heterocycles. The monoisotopic (exact) mass is 385 g/mol. The van der Waals surface area contributed by atoms with Crippen molar-refractivity contribution in [2.75, 3.05) is 5.32 Å². The summed E-state index contributed by atoms with van der Waals surface area (Å²) < 4.78 is 0. The molecule has 2 aromatic rings. The second-order valence-corrected chi connectivity index (χ2v) is 8.58. The molecule has 0 radical (unpaired) electrons. The summed E-state index contributed by atoms with van der Waals surface area (Å²) in [5.41, 5.74) is 2.77. The molecule has 0 spiro atoms. The van der Waals surface area contributed by atoms with Gasteiger partial charge in [0.2, 0.25) is 5.91 Å². The van der Waals surface area contributed by atoms with Gasteiger partial charge in [-0.15, -0.1) is 11.3 Å². The van der Waals surface area contributed by atoms with Crippen molar-refractivity contribution in [2.45, 2.75) is 58.9 Å². The number of fused-ring (bicyclic) bond motifs is 1. The van der Waals surface area contributed by atoms with E-state index >= 15 is 0 Å². The lowest BCUT2D eigenvalue weighted by Crippen LogP contribution is -2.47. The molecule has 0 saturated carbocycles. The van der Waals surface area contributed by atoms with Gasteiger partial charge in [0, 0.05) is 10.4 Å². The number of benzene rings is 1. The molecule has 6 heteroatoms. The third-order valence-electron chi connectivity index (χ3n) is 4.88. The van der Waals surface area contributed by atoms with Gasteiger partial charge in [0.15, 0.2) is 5.13 Å². The van der Waals surface area contributed by atoms with Crippen LogP contribution in [0.15, 0.2) is 24.3 Å². The first-order valence-electron chi connectivity index (χ1n) is 9.61. The zero-order valence-electron chi connectivity index (χ0n) is 16.2. The Morgan fingerprint density at radius 2 is 1.78 bits per heavy atom. The summed E-state index contributed by atoms with van der Waals surface area (Å²) in [7, 11) is 0. The molecule has 0 aliphatic heterocycles. The standard InChI is InChI=1S/C21H27N3O2S/c1-13(2)18(23-19(25)15-11-9-14(3)10-12-15)20(26)24-21-22-16-7-5-4-6-8-17(16)27-21/h9-13,18H,4-8H2,1-3H3,(H,23,25)(H,22,24,26). The Labute approximate surface area is 164 Å². The summed E-state index contributed by atoms with van der Waals surface area (Å²) in [5, 5.41) is 6.43. The van der Waals surface area contributed by atoms with E-state index in [2.05, 4.69) is 15.6 Å². The van der Waals surface area contributed by atoms with Crippen LogP contribution in [0.5, 0.6) is 0 Å². The van der Waals surface area contributed by atoms with Crippen molar-refractivity contribution in [1.82, 2.24) is 10.3 Å². The van der Waals surface area contributed by atoms with Gasteiger partial charge in [-0.1, -0.05) is 38.0 Å². The molecule has 0 fully saturated rings. The summed E-state index contributed by atoms with van der Waals surface area (Å²) in [6.07, 6.45) is 5.61. The van der Waals surface area contributed by atoms with Gasteiger partial charge < -0.3 is 10.6 Å². The number of hydrogen-bond donors (Lipinski definition) is 2. The summed E-state index contributed by atoms with van der Waals surface area (Å²) in [5.74, 6) is -0.481. The molecule has 5 nitrogen and oxygen atoms in total. The molecular weight excluding hydrogens is 358 g/mol. The van der Waals surface area contributed by atoms with E-state index in [0.717, 1.165) is 30.5 Å². The SMILES string of the molecule is Cc1ccc(C(=O)NC(C(=O)Nc2nc3c(s2)CCCCC3)C(C)C)cc1. The number of amides is 2. The number of nitrogens with one attached hydrogen (secondary N) is 2. The molecule has 3 rings (SSSR count). The van der Waals surface area contributed by atoms with Crippen molar-refractivity contribution >= 4 is 28.3 Å². The van der Waals surface area contributed by atoms with Crippen molar-refractivity contribution in [3.8, 4) is 0 Å². The van der Waals surface area contributed by atoms with Crippen LogP contribution in [0.1, 0.15) is 59.6 Å². The lowest BCUT2D eigenvalue weighted by molar-refractivity contribution is -0.118. The summed E-state index contributed by atoms with van der Waals surface area (Å²) in [4.78, 5) is 31.2. The normalized spacial score (nSPS) is 15.0. The van der Waals surface area contributed by atoms with Crippen LogP contribution in [-0.2, 0) is 17.6 Å². The Morgan fingerprint density at radius 3 is 2.48 bits per heavy atom. The number of aryl methyl sites for hydroxylation is 3. The number of nitrogens with zero attached hydrogens (tertiary/aromatic N) is 1. The van der Waals surface area contributed by atoms with E-state index in [1.54, 1.807) is 23.5 Å². The van der Waals surface area contributed by atoms with Crippen LogP contribution in [0, 0.1) is 12.8 Å². The third-order valence-corrected chi connectivity index (χ3v) is 5.95. The maximum Gasteiger partial charge on any atom is 0.251 e. The van der Waals surface area contributed by atoms with Crippen LogP contribution in [0.4, 0.5) is 5.13 Å². The van der Waals surface area contributed by atoms with Crippen LogP contribution >= 0.6 is 11.3 Å². The fraction of sp³-hybridized carbons (Fsp3) is 0.476. The molecule has 2 amide bonds. The number of carbonyl (C=O) groups is 2. The predicted molar refractivity (Wildman–Crippen MR) is 109 cm³/mol. The Balaban J connectivity index is 1.68. The first kappa shape index (κ1) is 19.5. The van der Waals surface area contributed by atoms with Gasteiger partial charge in [-0.2, -0.15) is 0 Å². The van der Waals surface area contributed by atoms with Gasteiger partial charge >= 0.3 is 0 Å². The lowest BCUT2D eigenvalue weighted by atomic mass is 10.0. The smallest absolute Gasteiger partial charge is 0.251 e. The van der Waals surface area contributed by atoms with E-state index < -0.39 is 6.04 Å². The molecule has 1 aliphatic rings. The van der Waals surface area contributed by atoms with E-state index in [1.807, 2.05) is 32.9 Å².